The molecule has 10 heteroatoms. The number of nitrogens with zero attached hydrogens (tertiary/aromatic N) is 1. The minimum absolute atomic E-state index is 0.206. The van der Waals surface area contributed by atoms with Crippen LogP contribution in [0.15, 0.2) is 71.8 Å². The van der Waals surface area contributed by atoms with E-state index in [0.29, 0.717) is 16.9 Å². The highest BCUT2D eigenvalue weighted by molar-refractivity contribution is 5.96. The average Bonchev–Trinajstić information content (AvgIpc) is 2.88. The second kappa shape index (κ2) is 11.9. The van der Waals surface area contributed by atoms with E-state index in [4.69, 9.17) is 14.2 Å². The van der Waals surface area contributed by atoms with E-state index < -0.39 is 23.6 Å². The summed E-state index contributed by atoms with van der Waals surface area (Å²) >= 11 is 0. The van der Waals surface area contributed by atoms with Crippen molar-refractivity contribution < 1.29 is 33.0 Å². The molecule has 0 heterocycles. The second-order valence-electron chi connectivity index (χ2n) is 7.01. The van der Waals surface area contributed by atoms with Crippen molar-refractivity contribution in [3.63, 3.8) is 0 Å². The highest BCUT2D eigenvalue weighted by Gasteiger charge is 2.13. The Bertz CT molecular complexity index is 1230. The van der Waals surface area contributed by atoms with E-state index in [1.807, 2.05) is 0 Å². The van der Waals surface area contributed by atoms with Crippen molar-refractivity contribution in [3.05, 3.63) is 89.2 Å². The molecular formula is C25H22FN3O6. The molecule has 3 rings (SSSR count). The molecule has 0 radical (unpaired) electrons. The predicted octanol–water partition coefficient (Wildman–Crippen LogP) is 2.94. The maximum absolute atomic E-state index is 12.9. The lowest BCUT2D eigenvalue weighted by Crippen LogP contribution is -2.34. The minimum atomic E-state index is -0.567. The van der Waals surface area contributed by atoms with Crippen molar-refractivity contribution >= 4 is 24.0 Å². The molecule has 0 aliphatic carbocycles. The van der Waals surface area contributed by atoms with Crippen LogP contribution in [-0.2, 0) is 4.79 Å². The van der Waals surface area contributed by atoms with Gasteiger partial charge < -0.3 is 19.5 Å². The average molecular weight is 479 g/mol. The van der Waals surface area contributed by atoms with Gasteiger partial charge in [0.25, 0.3) is 11.8 Å². The van der Waals surface area contributed by atoms with Crippen LogP contribution in [0.25, 0.3) is 0 Å². The SMILES string of the molecule is COc1ccc(C(=O)Oc2ccc(C=NNC(=O)CNC(=O)c3ccc(F)cc3)cc2OC)cc1. The summed E-state index contributed by atoms with van der Waals surface area (Å²) in [7, 11) is 2.95. The van der Waals surface area contributed by atoms with Gasteiger partial charge in [-0.15, -0.1) is 0 Å². The molecule has 0 aliphatic heterocycles. The van der Waals surface area contributed by atoms with Crippen molar-refractivity contribution in [3.8, 4) is 17.2 Å². The van der Waals surface area contributed by atoms with Crippen LogP contribution in [0.4, 0.5) is 4.39 Å². The highest BCUT2D eigenvalue weighted by atomic mass is 19.1. The summed E-state index contributed by atoms with van der Waals surface area (Å²) in [6, 6.07) is 16.1. The molecular weight excluding hydrogens is 457 g/mol. The van der Waals surface area contributed by atoms with Crippen LogP contribution in [0, 0.1) is 5.82 Å². The van der Waals surface area contributed by atoms with Gasteiger partial charge in [-0.3, -0.25) is 9.59 Å². The van der Waals surface area contributed by atoms with Gasteiger partial charge in [0.05, 0.1) is 32.5 Å². The number of amides is 2. The van der Waals surface area contributed by atoms with Gasteiger partial charge in [0.2, 0.25) is 0 Å². The van der Waals surface area contributed by atoms with Crippen LogP contribution in [0.3, 0.4) is 0 Å². The molecule has 0 atom stereocenters. The third-order valence-electron chi connectivity index (χ3n) is 4.63. The van der Waals surface area contributed by atoms with Crippen LogP contribution < -0.4 is 25.0 Å². The molecule has 180 valence electrons. The Morgan fingerprint density at radius 2 is 1.57 bits per heavy atom. The quantitative estimate of drug-likeness (QED) is 0.211. The van der Waals surface area contributed by atoms with E-state index >= 15 is 0 Å². The Balaban J connectivity index is 1.53. The monoisotopic (exact) mass is 479 g/mol. The molecule has 2 N–H and O–H groups in total. The Morgan fingerprint density at radius 1 is 0.886 bits per heavy atom. The van der Waals surface area contributed by atoms with E-state index in [9.17, 15) is 18.8 Å². The van der Waals surface area contributed by atoms with Crippen LogP contribution >= 0.6 is 0 Å². The lowest BCUT2D eigenvalue weighted by atomic mass is 10.2. The zero-order valence-electron chi connectivity index (χ0n) is 18.9. The molecule has 9 nitrogen and oxygen atoms in total. The summed E-state index contributed by atoms with van der Waals surface area (Å²) in [5.74, 6) is -1.00. The number of hydrazone groups is 1. The zero-order valence-corrected chi connectivity index (χ0v) is 18.9. The molecule has 0 spiro atoms. The molecule has 3 aromatic carbocycles. The number of methoxy groups -OCH3 is 2. The van der Waals surface area contributed by atoms with E-state index in [-0.39, 0.29) is 23.6 Å². The van der Waals surface area contributed by atoms with Gasteiger partial charge in [-0.05, 0) is 72.3 Å². The van der Waals surface area contributed by atoms with Crippen molar-refractivity contribution in [2.45, 2.75) is 0 Å². The first-order valence-electron chi connectivity index (χ1n) is 10.3. The molecule has 0 aliphatic rings. The molecule has 0 saturated carbocycles. The highest BCUT2D eigenvalue weighted by Crippen LogP contribution is 2.28. The van der Waals surface area contributed by atoms with Gasteiger partial charge in [0.1, 0.15) is 11.6 Å². The first-order valence-corrected chi connectivity index (χ1v) is 10.3. The van der Waals surface area contributed by atoms with Crippen molar-refractivity contribution in [1.29, 1.82) is 0 Å². The Labute approximate surface area is 200 Å². The lowest BCUT2D eigenvalue weighted by Gasteiger charge is -2.10. The lowest BCUT2D eigenvalue weighted by molar-refractivity contribution is -0.120. The normalized spacial score (nSPS) is 10.5. The van der Waals surface area contributed by atoms with Crippen molar-refractivity contribution in [2.75, 3.05) is 20.8 Å². The maximum atomic E-state index is 12.9. The fourth-order valence-electron chi connectivity index (χ4n) is 2.82. The van der Waals surface area contributed by atoms with Gasteiger partial charge >= 0.3 is 5.97 Å². The van der Waals surface area contributed by atoms with Gasteiger partial charge in [0.15, 0.2) is 11.5 Å². The predicted molar refractivity (Wildman–Crippen MR) is 125 cm³/mol. The van der Waals surface area contributed by atoms with Gasteiger partial charge in [-0.2, -0.15) is 5.10 Å². The van der Waals surface area contributed by atoms with Gasteiger partial charge in [-0.25, -0.2) is 14.6 Å². The van der Waals surface area contributed by atoms with E-state index in [1.165, 1.54) is 38.6 Å². The molecule has 0 aromatic heterocycles. The second-order valence-corrected chi connectivity index (χ2v) is 7.01. The zero-order chi connectivity index (χ0) is 25.2. The van der Waals surface area contributed by atoms with Crippen LogP contribution in [0.2, 0.25) is 0 Å². The van der Waals surface area contributed by atoms with Crippen LogP contribution in [0.1, 0.15) is 26.3 Å². The molecule has 0 fully saturated rings. The van der Waals surface area contributed by atoms with Crippen molar-refractivity contribution in [2.24, 2.45) is 5.10 Å². The summed E-state index contributed by atoms with van der Waals surface area (Å²) in [5, 5.41) is 6.24. The molecule has 2 amide bonds. The number of esters is 1. The smallest absolute Gasteiger partial charge is 0.343 e. The summed E-state index contributed by atoms with van der Waals surface area (Å²) < 4.78 is 28.7. The van der Waals surface area contributed by atoms with E-state index in [0.717, 1.165) is 12.1 Å². The first kappa shape index (κ1) is 24.9. The third kappa shape index (κ3) is 7.13. The van der Waals surface area contributed by atoms with Crippen molar-refractivity contribution in [1.82, 2.24) is 10.7 Å². The standard InChI is InChI=1S/C25H22FN3O6/c1-33-20-10-6-18(7-11-20)25(32)35-21-12-3-16(13-22(21)34-2)14-28-29-23(30)15-27-24(31)17-4-8-19(26)9-5-17/h3-14H,15H2,1-2H3,(H,27,31)(H,29,30). The molecule has 0 unspecified atom stereocenters. The Hall–Kier alpha value is -4.73. The number of benzene rings is 3. The summed E-state index contributed by atoms with van der Waals surface area (Å²) in [5.41, 5.74) is 3.40. The van der Waals surface area contributed by atoms with E-state index in [2.05, 4.69) is 15.8 Å². The van der Waals surface area contributed by atoms with Gasteiger partial charge in [-0.1, -0.05) is 0 Å². The number of halogens is 1. The molecule has 0 bridgehead atoms. The molecule has 0 saturated heterocycles. The summed E-state index contributed by atoms with van der Waals surface area (Å²) in [6.07, 6.45) is 1.36. The largest absolute Gasteiger partial charge is 0.497 e. The van der Waals surface area contributed by atoms with Crippen LogP contribution in [0.5, 0.6) is 17.2 Å². The topological polar surface area (TPSA) is 115 Å². The molecule has 3 aromatic rings. The fourth-order valence-corrected chi connectivity index (χ4v) is 2.82. The van der Waals surface area contributed by atoms with Crippen LogP contribution in [-0.4, -0.2) is 44.8 Å². The molecule has 35 heavy (non-hydrogen) atoms. The number of carbonyl (C=O) groups excluding carboxylic acids is 3. The number of rotatable bonds is 9. The number of carbonyl (C=O) groups is 3. The van der Waals surface area contributed by atoms with E-state index in [1.54, 1.807) is 36.4 Å². The fraction of sp³-hybridized carbons (Fsp3) is 0.120. The number of nitrogens with one attached hydrogen (secondary N) is 2. The number of hydrogen-bond acceptors (Lipinski definition) is 7. The number of hydrogen-bond donors (Lipinski definition) is 2. The maximum Gasteiger partial charge on any atom is 0.343 e. The third-order valence-corrected chi connectivity index (χ3v) is 4.63. The Morgan fingerprint density at radius 3 is 2.23 bits per heavy atom. The summed E-state index contributed by atoms with van der Waals surface area (Å²) in [4.78, 5) is 36.2. The number of ether oxygens (including phenoxy) is 3. The first-order chi connectivity index (χ1) is 16.9. The van der Waals surface area contributed by atoms with Gasteiger partial charge in [0, 0.05) is 5.56 Å². The minimum Gasteiger partial charge on any atom is -0.497 e. The Kier molecular flexibility index (Phi) is 8.49. The summed E-state index contributed by atoms with van der Waals surface area (Å²) in [6.45, 7) is -0.322.